The van der Waals surface area contributed by atoms with Gasteiger partial charge in [-0.15, -0.1) is 0 Å². The van der Waals surface area contributed by atoms with Gasteiger partial charge in [0.25, 0.3) is 0 Å². The van der Waals surface area contributed by atoms with Crippen molar-refractivity contribution in [3.8, 4) is 11.5 Å². The zero-order chi connectivity index (χ0) is 14.7. The summed E-state index contributed by atoms with van der Waals surface area (Å²) in [5.41, 5.74) is 1.04. The van der Waals surface area contributed by atoms with Gasteiger partial charge in [-0.2, -0.15) is 0 Å². The van der Waals surface area contributed by atoms with Crippen molar-refractivity contribution in [2.24, 2.45) is 0 Å². The fourth-order valence-electron chi connectivity index (χ4n) is 3.02. The number of hydrogen-bond acceptors (Lipinski definition) is 4. The molecule has 2 aliphatic rings. The summed E-state index contributed by atoms with van der Waals surface area (Å²) in [5, 5.41) is 3.91. The quantitative estimate of drug-likeness (QED) is 0.926. The van der Waals surface area contributed by atoms with Crippen molar-refractivity contribution < 1.29 is 14.2 Å². The third-order valence-electron chi connectivity index (χ3n) is 4.13. The number of benzene rings is 1. The molecule has 116 valence electrons. The minimum Gasteiger partial charge on any atom is -0.491 e. The van der Waals surface area contributed by atoms with Crippen LogP contribution in [0.2, 0.25) is 5.02 Å². The van der Waals surface area contributed by atoms with Crippen molar-refractivity contribution in [2.45, 2.75) is 37.9 Å². The number of methoxy groups -OCH3 is 1. The first kappa shape index (κ1) is 14.9. The van der Waals surface area contributed by atoms with Crippen LogP contribution in [0.4, 0.5) is 0 Å². The lowest BCUT2D eigenvalue weighted by molar-refractivity contribution is 0.0274. The molecule has 21 heavy (non-hydrogen) atoms. The third kappa shape index (κ3) is 3.44. The van der Waals surface area contributed by atoms with E-state index in [1.807, 2.05) is 12.1 Å². The Labute approximate surface area is 130 Å². The van der Waals surface area contributed by atoms with Gasteiger partial charge in [0.1, 0.15) is 0 Å². The molecule has 0 radical (unpaired) electrons. The van der Waals surface area contributed by atoms with Crippen LogP contribution in [0.5, 0.6) is 11.5 Å². The molecular formula is C16H22ClNO3. The van der Waals surface area contributed by atoms with E-state index in [1.165, 1.54) is 12.8 Å². The Morgan fingerprint density at radius 1 is 1.29 bits per heavy atom. The lowest BCUT2D eigenvalue weighted by atomic mass is 10.1. The SMILES string of the molecule is COc1c(Cl)cc(C2CNCCO2)cc1OC1CCCC1. The van der Waals surface area contributed by atoms with Crippen molar-refractivity contribution in [3.63, 3.8) is 0 Å². The fraction of sp³-hybridized carbons (Fsp3) is 0.625. The maximum atomic E-state index is 6.36. The van der Waals surface area contributed by atoms with Gasteiger partial charge in [0.15, 0.2) is 11.5 Å². The molecule has 1 aromatic carbocycles. The molecule has 1 aliphatic carbocycles. The maximum absolute atomic E-state index is 6.36. The van der Waals surface area contributed by atoms with Gasteiger partial charge in [0.05, 0.1) is 30.9 Å². The number of halogens is 1. The summed E-state index contributed by atoms with van der Waals surface area (Å²) < 4.78 is 17.3. The van der Waals surface area contributed by atoms with Gasteiger partial charge in [-0.05, 0) is 43.4 Å². The lowest BCUT2D eigenvalue weighted by Gasteiger charge is -2.25. The van der Waals surface area contributed by atoms with Gasteiger partial charge in [-0.25, -0.2) is 0 Å². The van der Waals surface area contributed by atoms with Crippen molar-refractivity contribution in [1.82, 2.24) is 5.32 Å². The molecular weight excluding hydrogens is 290 g/mol. The second-order valence-corrected chi connectivity index (χ2v) is 6.03. The molecule has 1 saturated heterocycles. The van der Waals surface area contributed by atoms with Crippen LogP contribution in [0.1, 0.15) is 37.4 Å². The highest BCUT2D eigenvalue weighted by atomic mass is 35.5. The van der Waals surface area contributed by atoms with E-state index in [9.17, 15) is 0 Å². The summed E-state index contributed by atoms with van der Waals surface area (Å²) >= 11 is 6.36. The zero-order valence-corrected chi connectivity index (χ0v) is 13.1. The molecule has 1 heterocycles. The number of morpholine rings is 1. The van der Waals surface area contributed by atoms with Crippen LogP contribution in [0.3, 0.4) is 0 Å². The molecule has 3 rings (SSSR count). The molecule has 0 aromatic heterocycles. The minimum absolute atomic E-state index is 0.0214. The summed E-state index contributed by atoms with van der Waals surface area (Å²) in [7, 11) is 1.63. The Bertz CT molecular complexity index is 483. The maximum Gasteiger partial charge on any atom is 0.179 e. The van der Waals surface area contributed by atoms with E-state index in [4.69, 9.17) is 25.8 Å². The number of nitrogens with one attached hydrogen (secondary N) is 1. The van der Waals surface area contributed by atoms with Gasteiger partial charge < -0.3 is 19.5 Å². The van der Waals surface area contributed by atoms with Crippen molar-refractivity contribution in [2.75, 3.05) is 26.8 Å². The van der Waals surface area contributed by atoms with Crippen LogP contribution in [0.25, 0.3) is 0 Å². The van der Waals surface area contributed by atoms with E-state index >= 15 is 0 Å². The van der Waals surface area contributed by atoms with Crippen LogP contribution in [-0.2, 0) is 4.74 Å². The average molecular weight is 312 g/mol. The second kappa shape index (κ2) is 6.86. The summed E-state index contributed by atoms with van der Waals surface area (Å²) in [6.45, 7) is 2.41. The smallest absolute Gasteiger partial charge is 0.179 e. The molecule has 1 unspecified atom stereocenters. The standard InChI is InChI=1S/C16H22ClNO3/c1-19-16-13(17)8-11(15-10-18-6-7-20-15)9-14(16)21-12-4-2-3-5-12/h8-9,12,15,18H,2-7,10H2,1H3. The summed E-state index contributed by atoms with van der Waals surface area (Å²) in [5.74, 6) is 1.36. The van der Waals surface area contributed by atoms with Crippen LogP contribution in [0, 0.1) is 0 Å². The second-order valence-electron chi connectivity index (χ2n) is 5.62. The van der Waals surface area contributed by atoms with Gasteiger partial charge >= 0.3 is 0 Å². The van der Waals surface area contributed by atoms with E-state index in [0.29, 0.717) is 17.4 Å². The highest BCUT2D eigenvalue weighted by molar-refractivity contribution is 6.32. The summed E-state index contributed by atoms with van der Waals surface area (Å²) in [4.78, 5) is 0. The van der Waals surface area contributed by atoms with Gasteiger partial charge in [0.2, 0.25) is 0 Å². The van der Waals surface area contributed by atoms with E-state index in [2.05, 4.69) is 5.32 Å². The summed E-state index contributed by atoms with van der Waals surface area (Å²) in [6.07, 6.45) is 4.97. The molecule has 1 saturated carbocycles. The Morgan fingerprint density at radius 2 is 2.10 bits per heavy atom. The fourth-order valence-corrected chi connectivity index (χ4v) is 3.32. The van der Waals surface area contributed by atoms with Crippen LogP contribution >= 0.6 is 11.6 Å². The third-order valence-corrected chi connectivity index (χ3v) is 4.41. The van der Waals surface area contributed by atoms with Crippen molar-refractivity contribution in [1.29, 1.82) is 0 Å². The summed E-state index contributed by atoms with van der Waals surface area (Å²) in [6, 6.07) is 3.93. The molecule has 2 fully saturated rings. The Balaban J connectivity index is 1.85. The van der Waals surface area contributed by atoms with E-state index in [1.54, 1.807) is 7.11 Å². The normalized spacial score (nSPS) is 23.2. The average Bonchev–Trinajstić information content (AvgIpc) is 3.01. The number of hydrogen-bond donors (Lipinski definition) is 1. The largest absolute Gasteiger partial charge is 0.491 e. The van der Waals surface area contributed by atoms with E-state index in [0.717, 1.165) is 37.2 Å². The van der Waals surface area contributed by atoms with Gasteiger partial charge in [-0.3, -0.25) is 0 Å². The first-order chi connectivity index (χ1) is 10.3. The molecule has 0 bridgehead atoms. The van der Waals surface area contributed by atoms with Crippen molar-refractivity contribution >= 4 is 11.6 Å². The predicted octanol–water partition coefficient (Wildman–Crippen LogP) is 3.33. The van der Waals surface area contributed by atoms with E-state index in [-0.39, 0.29) is 12.2 Å². The molecule has 1 aromatic rings. The number of rotatable bonds is 4. The minimum atomic E-state index is 0.0214. The monoisotopic (exact) mass is 311 g/mol. The zero-order valence-electron chi connectivity index (χ0n) is 12.4. The lowest BCUT2D eigenvalue weighted by Crippen LogP contribution is -2.33. The molecule has 1 aliphatic heterocycles. The van der Waals surface area contributed by atoms with Gasteiger partial charge in [0, 0.05) is 13.1 Å². The molecule has 0 spiro atoms. The Hall–Kier alpha value is -0.970. The highest BCUT2D eigenvalue weighted by Gasteiger charge is 2.23. The molecule has 0 amide bonds. The first-order valence-corrected chi connectivity index (χ1v) is 8.02. The van der Waals surface area contributed by atoms with Gasteiger partial charge in [-0.1, -0.05) is 11.6 Å². The van der Waals surface area contributed by atoms with Crippen LogP contribution in [0.15, 0.2) is 12.1 Å². The Morgan fingerprint density at radius 3 is 2.76 bits per heavy atom. The predicted molar refractivity (Wildman–Crippen MR) is 82.5 cm³/mol. The van der Waals surface area contributed by atoms with E-state index < -0.39 is 0 Å². The molecule has 5 heteroatoms. The number of ether oxygens (including phenoxy) is 3. The Kier molecular flexibility index (Phi) is 4.88. The van der Waals surface area contributed by atoms with Crippen molar-refractivity contribution in [3.05, 3.63) is 22.7 Å². The molecule has 4 nitrogen and oxygen atoms in total. The molecule has 1 atom stereocenters. The first-order valence-electron chi connectivity index (χ1n) is 7.64. The van der Waals surface area contributed by atoms with Crippen LogP contribution in [-0.4, -0.2) is 32.9 Å². The van der Waals surface area contributed by atoms with Crippen LogP contribution < -0.4 is 14.8 Å². The molecule has 1 N–H and O–H groups in total. The topological polar surface area (TPSA) is 39.7 Å². The highest BCUT2D eigenvalue weighted by Crippen LogP contribution is 2.40.